The molecule has 0 saturated heterocycles. The van der Waals surface area contributed by atoms with Crippen molar-refractivity contribution in [2.75, 3.05) is 19.7 Å². The monoisotopic (exact) mass is 329 g/mol. The maximum atomic E-state index is 5.73. The Hall–Kier alpha value is -2.01. The molecular weight excluding hydrogens is 306 g/mol. The SMILES string of the molecule is CCNC(=NCc1cccs1)NCC1CCOc2ccccc21. The van der Waals surface area contributed by atoms with Crippen molar-refractivity contribution in [2.24, 2.45) is 4.99 Å². The van der Waals surface area contributed by atoms with Crippen LogP contribution >= 0.6 is 11.3 Å². The minimum atomic E-state index is 0.463. The number of para-hydroxylation sites is 1. The van der Waals surface area contributed by atoms with E-state index in [-0.39, 0.29) is 0 Å². The molecule has 5 heteroatoms. The molecule has 0 fully saturated rings. The molecule has 1 unspecified atom stereocenters. The molecule has 1 aliphatic heterocycles. The van der Waals surface area contributed by atoms with Gasteiger partial charge in [-0.15, -0.1) is 11.3 Å². The molecule has 2 heterocycles. The highest BCUT2D eigenvalue weighted by atomic mass is 32.1. The number of hydrogen-bond acceptors (Lipinski definition) is 3. The molecule has 1 aliphatic rings. The molecule has 3 rings (SSSR count). The average molecular weight is 329 g/mol. The second kappa shape index (κ2) is 8.02. The van der Waals surface area contributed by atoms with Crippen molar-refractivity contribution in [1.82, 2.24) is 10.6 Å². The van der Waals surface area contributed by atoms with E-state index in [1.807, 2.05) is 6.07 Å². The van der Waals surface area contributed by atoms with Crippen LogP contribution in [0, 0.1) is 0 Å². The number of benzene rings is 1. The van der Waals surface area contributed by atoms with Gasteiger partial charge in [0.25, 0.3) is 0 Å². The molecule has 4 nitrogen and oxygen atoms in total. The standard InChI is InChI=1S/C18H23N3OS/c1-2-19-18(21-13-15-6-5-11-23-15)20-12-14-9-10-22-17-8-4-3-7-16(14)17/h3-8,11,14H,2,9-10,12-13H2,1H3,(H2,19,20,21). The fraction of sp³-hybridized carbons (Fsp3) is 0.389. The van der Waals surface area contributed by atoms with E-state index in [4.69, 9.17) is 4.74 Å². The van der Waals surface area contributed by atoms with Gasteiger partial charge in [0.1, 0.15) is 5.75 Å². The van der Waals surface area contributed by atoms with E-state index < -0.39 is 0 Å². The minimum Gasteiger partial charge on any atom is -0.493 e. The summed E-state index contributed by atoms with van der Waals surface area (Å²) in [5, 5.41) is 8.89. The first kappa shape index (κ1) is 15.9. The van der Waals surface area contributed by atoms with Gasteiger partial charge in [-0.25, -0.2) is 4.99 Å². The number of nitrogens with zero attached hydrogens (tertiary/aromatic N) is 1. The van der Waals surface area contributed by atoms with Gasteiger partial charge in [-0.05, 0) is 36.4 Å². The number of hydrogen-bond donors (Lipinski definition) is 2. The minimum absolute atomic E-state index is 0.463. The van der Waals surface area contributed by atoms with Gasteiger partial charge in [0.2, 0.25) is 0 Å². The number of nitrogens with one attached hydrogen (secondary N) is 2. The van der Waals surface area contributed by atoms with Crippen LogP contribution in [0.2, 0.25) is 0 Å². The molecule has 1 aromatic carbocycles. The van der Waals surface area contributed by atoms with E-state index in [0.717, 1.165) is 44.4 Å². The largest absolute Gasteiger partial charge is 0.493 e. The Kier molecular flexibility index (Phi) is 5.53. The first-order valence-corrected chi connectivity index (χ1v) is 9.01. The summed E-state index contributed by atoms with van der Waals surface area (Å²) in [7, 11) is 0. The Bertz CT molecular complexity index is 639. The summed E-state index contributed by atoms with van der Waals surface area (Å²) < 4.78 is 5.73. The number of aliphatic imine (C=N–C) groups is 1. The van der Waals surface area contributed by atoms with Gasteiger partial charge in [-0.1, -0.05) is 24.3 Å². The number of ether oxygens (including phenoxy) is 1. The Morgan fingerprint density at radius 3 is 3.00 bits per heavy atom. The number of fused-ring (bicyclic) bond motifs is 1. The van der Waals surface area contributed by atoms with Crippen LogP contribution in [0.3, 0.4) is 0 Å². The third-order valence-electron chi connectivity index (χ3n) is 3.92. The Labute approximate surface area is 141 Å². The zero-order valence-corrected chi connectivity index (χ0v) is 14.2. The third kappa shape index (κ3) is 4.26. The topological polar surface area (TPSA) is 45.7 Å². The zero-order valence-electron chi connectivity index (χ0n) is 13.4. The molecule has 1 aromatic heterocycles. The van der Waals surface area contributed by atoms with Crippen LogP contribution in [0.15, 0.2) is 46.8 Å². The lowest BCUT2D eigenvalue weighted by atomic mass is 9.93. The van der Waals surface area contributed by atoms with Crippen LogP contribution in [-0.2, 0) is 6.54 Å². The van der Waals surface area contributed by atoms with E-state index in [0.29, 0.717) is 5.92 Å². The summed E-state index contributed by atoms with van der Waals surface area (Å²) in [5.41, 5.74) is 1.29. The molecule has 0 radical (unpaired) electrons. The van der Waals surface area contributed by atoms with Gasteiger partial charge in [0.15, 0.2) is 5.96 Å². The first-order chi connectivity index (χ1) is 11.4. The first-order valence-electron chi connectivity index (χ1n) is 8.13. The zero-order chi connectivity index (χ0) is 15.9. The van der Waals surface area contributed by atoms with Gasteiger partial charge in [0, 0.05) is 23.9 Å². The fourth-order valence-corrected chi connectivity index (χ4v) is 3.38. The molecule has 2 aromatic rings. The smallest absolute Gasteiger partial charge is 0.191 e. The van der Waals surface area contributed by atoms with E-state index in [9.17, 15) is 0 Å². The normalized spacial score (nSPS) is 17.3. The fourth-order valence-electron chi connectivity index (χ4n) is 2.75. The van der Waals surface area contributed by atoms with Crippen molar-refractivity contribution < 1.29 is 4.74 Å². The highest BCUT2D eigenvalue weighted by molar-refractivity contribution is 7.09. The van der Waals surface area contributed by atoms with Crippen molar-refractivity contribution in [3.8, 4) is 5.75 Å². The van der Waals surface area contributed by atoms with Crippen LogP contribution in [0.25, 0.3) is 0 Å². The van der Waals surface area contributed by atoms with Crippen molar-refractivity contribution in [1.29, 1.82) is 0 Å². The van der Waals surface area contributed by atoms with Gasteiger partial charge in [-0.3, -0.25) is 0 Å². The lowest BCUT2D eigenvalue weighted by molar-refractivity contribution is 0.267. The second-order valence-electron chi connectivity index (χ2n) is 5.53. The van der Waals surface area contributed by atoms with Crippen molar-refractivity contribution in [2.45, 2.75) is 25.8 Å². The van der Waals surface area contributed by atoms with Gasteiger partial charge in [0.05, 0.1) is 13.2 Å². The molecule has 0 spiro atoms. The third-order valence-corrected chi connectivity index (χ3v) is 4.78. The van der Waals surface area contributed by atoms with Crippen molar-refractivity contribution in [3.05, 3.63) is 52.2 Å². The lowest BCUT2D eigenvalue weighted by Crippen LogP contribution is -2.40. The summed E-state index contributed by atoms with van der Waals surface area (Å²) in [6.07, 6.45) is 1.04. The van der Waals surface area contributed by atoms with Gasteiger partial charge >= 0.3 is 0 Å². The van der Waals surface area contributed by atoms with Crippen LogP contribution in [0.5, 0.6) is 5.75 Å². The summed E-state index contributed by atoms with van der Waals surface area (Å²) in [4.78, 5) is 5.95. The molecule has 23 heavy (non-hydrogen) atoms. The Morgan fingerprint density at radius 1 is 1.26 bits per heavy atom. The molecule has 1 atom stereocenters. The Morgan fingerprint density at radius 2 is 2.17 bits per heavy atom. The Balaban J connectivity index is 1.62. The van der Waals surface area contributed by atoms with Crippen LogP contribution < -0.4 is 15.4 Å². The predicted octanol–water partition coefficient (Wildman–Crippen LogP) is 3.37. The van der Waals surface area contributed by atoms with Crippen LogP contribution in [0.4, 0.5) is 0 Å². The number of thiophene rings is 1. The lowest BCUT2D eigenvalue weighted by Gasteiger charge is -2.26. The maximum Gasteiger partial charge on any atom is 0.191 e. The molecular formula is C18H23N3OS. The van der Waals surface area contributed by atoms with Crippen molar-refractivity contribution >= 4 is 17.3 Å². The molecule has 0 bridgehead atoms. The van der Waals surface area contributed by atoms with E-state index in [1.165, 1.54) is 10.4 Å². The molecule has 0 aliphatic carbocycles. The summed E-state index contributed by atoms with van der Waals surface area (Å²) in [6, 6.07) is 12.5. The quantitative estimate of drug-likeness (QED) is 0.653. The van der Waals surface area contributed by atoms with E-state index in [1.54, 1.807) is 11.3 Å². The predicted molar refractivity (Wildman–Crippen MR) is 96.4 cm³/mol. The average Bonchev–Trinajstić information content (AvgIpc) is 3.11. The van der Waals surface area contributed by atoms with Gasteiger partial charge < -0.3 is 15.4 Å². The number of rotatable bonds is 5. The van der Waals surface area contributed by atoms with Crippen LogP contribution in [0.1, 0.15) is 29.7 Å². The van der Waals surface area contributed by atoms with Crippen molar-refractivity contribution in [3.63, 3.8) is 0 Å². The van der Waals surface area contributed by atoms with E-state index in [2.05, 4.69) is 58.3 Å². The molecule has 0 amide bonds. The second-order valence-corrected chi connectivity index (χ2v) is 6.56. The van der Waals surface area contributed by atoms with E-state index >= 15 is 0 Å². The summed E-state index contributed by atoms with van der Waals surface area (Å²) in [6.45, 7) is 5.33. The van der Waals surface area contributed by atoms with Gasteiger partial charge in [-0.2, -0.15) is 0 Å². The molecule has 0 saturated carbocycles. The maximum absolute atomic E-state index is 5.73. The number of guanidine groups is 1. The highest BCUT2D eigenvalue weighted by Gasteiger charge is 2.20. The van der Waals surface area contributed by atoms with Crippen LogP contribution in [-0.4, -0.2) is 25.7 Å². The summed E-state index contributed by atoms with van der Waals surface area (Å²) in [5.74, 6) is 2.36. The highest BCUT2D eigenvalue weighted by Crippen LogP contribution is 2.32. The molecule has 2 N–H and O–H groups in total. The summed E-state index contributed by atoms with van der Waals surface area (Å²) >= 11 is 1.74. The molecule has 122 valence electrons.